The maximum atomic E-state index is 13.7. The summed E-state index contributed by atoms with van der Waals surface area (Å²) in [5.74, 6) is -0.345. The number of hydrogen-bond donors (Lipinski definition) is 1. The fraction of sp³-hybridized carbons (Fsp3) is 0.370. The molecule has 0 spiro atoms. The molecule has 1 heterocycles. The van der Waals surface area contributed by atoms with Gasteiger partial charge in [-0.25, -0.2) is 14.6 Å². The third kappa shape index (κ3) is 6.73. The Kier molecular flexibility index (Phi) is 8.17. The average molecular weight is 490 g/mol. The number of esters is 1. The summed E-state index contributed by atoms with van der Waals surface area (Å²) in [5.41, 5.74) is 8.74. The van der Waals surface area contributed by atoms with E-state index in [0.717, 1.165) is 5.56 Å². The van der Waals surface area contributed by atoms with Crippen LogP contribution in [0.4, 0.5) is 10.6 Å². The molecule has 1 amide bonds. The van der Waals surface area contributed by atoms with Crippen LogP contribution < -0.4 is 5.32 Å². The molecule has 0 saturated heterocycles. The van der Waals surface area contributed by atoms with Gasteiger partial charge < -0.3 is 14.8 Å². The second-order valence-corrected chi connectivity index (χ2v) is 10.0. The molecule has 0 aliphatic carbocycles. The van der Waals surface area contributed by atoms with Crippen LogP contribution in [0.3, 0.4) is 0 Å². The van der Waals surface area contributed by atoms with Crippen molar-refractivity contribution < 1.29 is 19.1 Å². The zero-order valence-electron chi connectivity index (χ0n) is 21.2. The topological polar surface area (TPSA) is 126 Å². The third-order valence-corrected chi connectivity index (χ3v) is 5.33. The summed E-state index contributed by atoms with van der Waals surface area (Å²) in [5, 5.41) is 7.10. The molecule has 3 aromatic rings. The number of nitrogens with one attached hydrogen (secondary N) is 1. The maximum absolute atomic E-state index is 13.7. The number of aromatic nitrogens is 1. The number of amides is 1. The van der Waals surface area contributed by atoms with E-state index in [0.29, 0.717) is 16.5 Å². The predicted molar refractivity (Wildman–Crippen MR) is 137 cm³/mol. The lowest BCUT2D eigenvalue weighted by Crippen LogP contribution is -2.55. The van der Waals surface area contributed by atoms with Gasteiger partial charge in [-0.05, 0) is 65.7 Å². The Balaban J connectivity index is 2.06. The van der Waals surface area contributed by atoms with E-state index < -0.39 is 23.7 Å². The first-order valence-corrected chi connectivity index (χ1v) is 11.7. The van der Waals surface area contributed by atoms with Crippen LogP contribution in [0, 0.1) is 5.41 Å². The molecule has 0 aliphatic rings. The van der Waals surface area contributed by atoms with Gasteiger partial charge in [-0.1, -0.05) is 63.2 Å². The van der Waals surface area contributed by atoms with Crippen LogP contribution in [-0.2, 0) is 26.4 Å². The van der Waals surface area contributed by atoms with Gasteiger partial charge in [0.2, 0.25) is 0 Å². The highest BCUT2D eigenvalue weighted by molar-refractivity contribution is 5.90. The van der Waals surface area contributed by atoms with E-state index in [4.69, 9.17) is 15.0 Å². The first-order valence-electron chi connectivity index (χ1n) is 11.7. The molecule has 1 aromatic heterocycles. The molecule has 188 valence electrons. The minimum atomic E-state index is -1.52. The molecule has 0 aliphatic heterocycles. The van der Waals surface area contributed by atoms with Gasteiger partial charge in [0.15, 0.2) is 5.54 Å². The summed E-state index contributed by atoms with van der Waals surface area (Å²) in [7, 11) is 0. The van der Waals surface area contributed by atoms with Crippen molar-refractivity contribution in [3.8, 4) is 0 Å². The number of azide groups is 1. The fourth-order valence-electron chi connectivity index (χ4n) is 3.98. The minimum Gasteiger partial charge on any atom is -0.461 e. The molecule has 1 atom stereocenters. The molecule has 2 aromatic carbocycles. The van der Waals surface area contributed by atoms with Crippen molar-refractivity contribution >= 4 is 28.8 Å². The third-order valence-electron chi connectivity index (χ3n) is 5.33. The number of carbonyl (C=O) groups is 2. The fourth-order valence-corrected chi connectivity index (χ4v) is 3.98. The largest absolute Gasteiger partial charge is 0.461 e. The Morgan fingerprint density at radius 2 is 1.81 bits per heavy atom. The first kappa shape index (κ1) is 26.5. The van der Waals surface area contributed by atoms with Gasteiger partial charge in [0.1, 0.15) is 12.4 Å². The lowest BCUT2D eigenvalue weighted by molar-refractivity contribution is -0.157. The second kappa shape index (κ2) is 11.1. The predicted octanol–water partition coefficient (Wildman–Crippen LogP) is 6.69. The Hall–Kier alpha value is -4.10. The van der Waals surface area contributed by atoms with Crippen LogP contribution in [0.1, 0.15) is 52.2 Å². The molecule has 0 radical (unpaired) electrons. The van der Waals surface area contributed by atoms with Crippen molar-refractivity contribution in [2.45, 2.75) is 59.3 Å². The second-order valence-electron chi connectivity index (χ2n) is 10.0. The highest BCUT2D eigenvalue weighted by Crippen LogP contribution is 2.38. The van der Waals surface area contributed by atoms with Crippen molar-refractivity contribution in [3.63, 3.8) is 0 Å². The summed E-state index contributed by atoms with van der Waals surface area (Å²) in [6, 6.07) is 17.9. The molecule has 0 bridgehead atoms. The number of benzene rings is 2. The molecule has 36 heavy (non-hydrogen) atoms. The number of pyridine rings is 1. The molecule has 0 saturated carbocycles. The van der Waals surface area contributed by atoms with Gasteiger partial charge in [0, 0.05) is 10.3 Å². The van der Waals surface area contributed by atoms with Crippen LogP contribution in [0.2, 0.25) is 0 Å². The molecular weight excluding hydrogens is 458 g/mol. The number of carbonyl (C=O) groups excluding carboxylic acids is 2. The Bertz CT molecular complexity index is 1280. The number of fused-ring (bicyclic) bond motifs is 1. The zero-order chi connectivity index (χ0) is 26.3. The molecule has 0 fully saturated rings. The summed E-state index contributed by atoms with van der Waals surface area (Å²) in [6.45, 7) is 9.52. The van der Waals surface area contributed by atoms with Gasteiger partial charge in [0.25, 0.3) is 0 Å². The van der Waals surface area contributed by atoms with E-state index in [1.807, 2.05) is 51.1 Å². The number of hydrogen-bond acceptors (Lipinski definition) is 6. The quantitative estimate of drug-likeness (QED) is 0.163. The van der Waals surface area contributed by atoms with Crippen LogP contribution in [0.15, 0.2) is 65.8 Å². The number of nitrogens with zero attached hydrogens (tertiary/aromatic N) is 4. The molecule has 1 unspecified atom stereocenters. The lowest BCUT2D eigenvalue weighted by Gasteiger charge is -2.38. The van der Waals surface area contributed by atoms with Crippen LogP contribution in [0.5, 0.6) is 0 Å². The zero-order valence-corrected chi connectivity index (χ0v) is 21.2. The van der Waals surface area contributed by atoms with Gasteiger partial charge in [-0.3, -0.25) is 0 Å². The van der Waals surface area contributed by atoms with Crippen molar-refractivity contribution in [1.29, 1.82) is 0 Å². The first-order chi connectivity index (χ1) is 17.0. The summed E-state index contributed by atoms with van der Waals surface area (Å²) in [6.07, 6.45) is -0.880. The number of ether oxygens (including phenoxy) is 2. The van der Waals surface area contributed by atoms with Crippen LogP contribution in [0.25, 0.3) is 21.3 Å². The van der Waals surface area contributed by atoms with E-state index in [9.17, 15) is 9.59 Å². The summed E-state index contributed by atoms with van der Waals surface area (Å²) >= 11 is 0. The van der Waals surface area contributed by atoms with Crippen LogP contribution >= 0.6 is 0 Å². The normalized spacial score (nSPS) is 12.9. The van der Waals surface area contributed by atoms with Gasteiger partial charge in [-0.2, -0.15) is 0 Å². The summed E-state index contributed by atoms with van der Waals surface area (Å²) < 4.78 is 11.2. The highest BCUT2D eigenvalue weighted by atomic mass is 16.6. The van der Waals surface area contributed by atoms with Gasteiger partial charge >= 0.3 is 12.1 Å². The van der Waals surface area contributed by atoms with Crippen molar-refractivity contribution in [2.75, 3.05) is 0 Å². The van der Waals surface area contributed by atoms with E-state index in [-0.39, 0.29) is 24.3 Å². The lowest BCUT2D eigenvalue weighted by atomic mass is 9.75. The Morgan fingerprint density at radius 3 is 2.44 bits per heavy atom. The van der Waals surface area contributed by atoms with Gasteiger partial charge in [0.05, 0.1) is 11.6 Å². The van der Waals surface area contributed by atoms with Gasteiger partial charge in [-0.15, -0.1) is 0 Å². The number of alkyl carbamates (subject to hydrolysis) is 1. The minimum absolute atomic E-state index is 0.0569. The Labute approximate surface area is 210 Å². The smallest absolute Gasteiger partial charge is 0.408 e. The summed E-state index contributed by atoms with van der Waals surface area (Å²) in [4.78, 5) is 33.8. The monoisotopic (exact) mass is 489 g/mol. The molecule has 1 N–H and O–H groups in total. The van der Waals surface area contributed by atoms with E-state index >= 15 is 0 Å². The highest BCUT2D eigenvalue weighted by Gasteiger charge is 2.47. The standard InChI is InChI=1S/C27H31N5O4/c1-18(2)36-24(33)27(17-26(3,4)5,30-25(34)35-16-19-9-7-6-8-10-19)21-12-13-22-20(15-21)11-14-23(29-22)31-32-28/h6-15,18H,16-17H2,1-5H3,(H,30,34). The maximum Gasteiger partial charge on any atom is 0.408 e. The SMILES string of the molecule is CC(C)OC(=O)C(CC(C)(C)C)(NC(=O)OCc1ccccc1)c1ccc2nc(N=[N+]=[N-])ccc2c1. The van der Waals surface area contributed by atoms with E-state index in [2.05, 4.69) is 20.3 Å². The Morgan fingerprint density at radius 1 is 1.08 bits per heavy atom. The van der Waals surface area contributed by atoms with Crippen molar-refractivity contribution in [1.82, 2.24) is 10.3 Å². The van der Waals surface area contributed by atoms with E-state index in [1.165, 1.54) is 0 Å². The molecule has 9 heteroatoms. The molecular formula is C27H31N5O4. The molecule has 9 nitrogen and oxygen atoms in total. The van der Waals surface area contributed by atoms with Crippen molar-refractivity contribution in [2.24, 2.45) is 10.5 Å². The van der Waals surface area contributed by atoms with Crippen LogP contribution in [-0.4, -0.2) is 23.2 Å². The van der Waals surface area contributed by atoms with E-state index in [1.54, 1.807) is 44.2 Å². The number of rotatable bonds is 8. The average Bonchev–Trinajstić information content (AvgIpc) is 2.81. The molecule has 3 rings (SSSR count). The van der Waals surface area contributed by atoms with Crippen molar-refractivity contribution in [3.05, 3.63) is 82.2 Å².